The summed E-state index contributed by atoms with van der Waals surface area (Å²) in [5.41, 5.74) is 3.98. The zero-order valence-corrected chi connectivity index (χ0v) is 25.5. The molecule has 1 saturated carbocycles. The summed E-state index contributed by atoms with van der Waals surface area (Å²) in [5.74, 6) is 0.674. The zero-order chi connectivity index (χ0) is 30.2. The average Bonchev–Trinajstić information content (AvgIpc) is 3.56. The lowest BCUT2D eigenvalue weighted by Gasteiger charge is -2.27. The van der Waals surface area contributed by atoms with Crippen molar-refractivity contribution < 1.29 is 38.5 Å². The highest BCUT2D eigenvalue weighted by molar-refractivity contribution is 8.13. The summed E-state index contributed by atoms with van der Waals surface area (Å²) in [6.45, 7) is 7.43. The van der Waals surface area contributed by atoms with Gasteiger partial charge < -0.3 is 31.1 Å². The van der Waals surface area contributed by atoms with Crippen LogP contribution in [0.1, 0.15) is 53.7 Å². The summed E-state index contributed by atoms with van der Waals surface area (Å²) < 4.78 is 32.1. The van der Waals surface area contributed by atoms with Crippen LogP contribution in [-0.4, -0.2) is 95.4 Å². The maximum atomic E-state index is 13.5. The Morgan fingerprint density at radius 3 is 2.71 bits per heavy atom. The number of hydrogen-bond acceptors (Lipinski definition) is 14. The lowest BCUT2D eigenvalue weighted by Crippen LogP contribution is -2.44. The molecule has 17 heteroatoms. The number of carbonyl (C=O) groups excluding carboxylic acids is 1. The van der Waals surface area contributed by atoms with Gasteiger partial charge in [0.25, 0.3) is 0 Å². The molecular weight excluding hydrogens is 577 g/mol. The van der Waals surface area contributed by atoms with Crippen LogP contribution in [0.5, 0.6) is 0 Å². The fourth-order valence-electron chi connectivity index (χ4n) is 4.16. The number of aromatic nitrogens is 4. The molecule has 7 N–H and O–H groups in total. The van der Waals surface area contributed by atoms with Gasteiger partial charge in [-0.1, -0.05) is 11.8 Å². The minimum absolute atomic E-state index is 0.0121. The van der Waals surface area contributed by atoms with Gasteiger partial charge in [0, 0.05) is 17.8 Å². The number of aliphatic hydroxyl groups excluding tert-OH is 2. The number of thioether (sulfide) groups is 1. The summed E-state index contributed by atoms with van der Waals surface area (Å²) >= 11 is 0.961. The Bertz CT molecular complexity index is 1290. The summed E-state index contributed by atoms with van der Waals surface area (Å²) in [6, 6.07) is 0.00489. The van der Waals surface area contributed by atoms with Crippen LogP contribution in [0.3, 0.4) is 0 Å². The molecule has 0 radical (unpaired) electrons. The molecule has 15 nitrogen and oxygen atoms in total. The molecule has 0 amide bonds. The lowest BCUT2D eigenvalue weighted by atomic mass is 9.96. The predicted molar refractivity (Wildman–Crippen MR) is 153 cm³/mol. The Kier molecular flexibility index (Phi) is 9.68. The molecule has 41 heavy (non-hydrogen) atoms. The Morgan fingerprint density at radius 1 is 1.37 bits per heavy atom. The molecule has 1 aliphatic carbocycles. The predicted octanol–water partition coefficient (Wildman–Crippen LogP) is 1.41. The van der Waals surface area contributed by atoms with Crippen molar-refractivity contribution in [1.29, 1.82) is 0 Å². The van der Waals surface area contributed by atoms with Gasteiger partial charge in [0.05, 0.1) is 31.6 Å². The molecule has 1 unspecified atom stereocenters. The number of carbonyl (C=O) groups is 1. The van der Waals surface area contributed by atoms with E-state index in [9.17, 15) is 24.7 Å². The van der Waals surface area contributed by atoms with Crippen molar-refractivity contribution in [2.24, 2.45) is 5.41 Å². The third kappa shape index (κ3) is 7.37. The first-order valence-electron chi connectivity index (χ1n) is 13.4. The van der Waals surface area contributed by atoms with E-state index in [0.29, 0.717) is 17.0 Å². The fourth-order valence-corrected chi connectivity index (χ4v) is 6.62. The standard InChI is InChI=1S/C24H40N7O8PS/c1-13(2)30-40(36,37-8-9-41-21(34)23(3,4)11-32)38-10-15-17(33)24(5,35)20(39-15)31-12-26-16-18(27-14-6-7-14)28-22(25)29-19(16)31/h12-15,17,20,32-33,35H,6-11H2,1-5H3,(H,30,36)(H3,25,27,28,29)/t15-,17-,20-,24-,40?/m1/s1. The number of nitrogen functional groups attached to an aromatic ring is 1. The average molecular weight is 618 g/mol. The molecule has 3 heterocycles. The normalized spacial score (nSPS) is 26.5. The highest BCUT2D eigenvalue weighted by Gasteiger charge is 2.54. The van der Waals surface area contributed by atoms with Crippen molar-refractivity contribution in [3.05, 3.63) is 6.33 Å². The Hall–Kier alpha value is -1.88. The molecular formula is C24H40N7O8PS. The SMILES string of the molecule is CC(C)NP(=O)(OCCSC(=O)C(C)(C)CO)OC[C@H]1O[C@@H](n2cnc3c(NC4CC4)nc(N)nc32)[C@](C)(O)[C@@H]1O. The van der Waals surface area contributed by atoms with Gasteiger partial charge >= 0.3 is 7.75 Å². The van der Waals surface area contributed by atoms with Crippen molar-refractivity contribution in [3.8, 4) is 0 Å². The minimum Gasteiger partial charge on any atom is -0.395 e. The van der Waals surface area contributed by atoms with Crippen LogP contribution >= 0.6 is 19.5 Å². The van der Waals surface area contributed by atoms with Gasteiger partial charge in [-0.15, -0.1) is 0 Å². The first-order chi connectivity index (χ1) is 19.2. The molecule has 0 aromatic carbocycles. The van der Waals surface area contributed by atoms with Crippen molar-refractivity contribution >= 4 is 47.6 Å². The molecule has 4 rings (SSSR count). The molecule has 1 aliphatic heterocycles. The van der Waals surface area contributed by atoms with Crippen LogP contribution in [0.15, 0.2) is 6.33 Å². The van der Waals surface area contributed by atoms with Crippen LogP contribution in [-0.2, 0) is 23.1 Å². The Labute approximate surface area is 242 Å². The van der Waals surface area contributed by atoms with Crippen LogP contribution in [0, 0.1) is 5.41 Å². The number of rotatable bonds is 14. The number of imidazole rings is 1. The van der Waals surface area contributed by atoms with E-state index in [1.807, 2.05) is 0 Å². The number of anilines is 2. The van der Waals surface area contributed by atoms with E-state index in [-0.39, 0.29) is 48.7 Å². The van der Waals surface area contributed by atoms with Crippen LogP contribution < -0.4 is 16.1 Å². The first-order valence-corrected chi connectivity index (χ1v) is 16.0. The number of nitrogens with zero attached hydrogens (tertiary/aromatic N) is 4. The van der Waals surface area contributed by atoms with E-state index < -0.39 is 37.2 Å². The van der Waals surface area contributed by atoms with Crippen LogP contribution in [0.25, 0.3) is 11.2 Å². The van der Waals surface area contributed by atoms with Gasteiger partial charge in [0.2, 0.25) is 5.95 Å². The number of nitrogens with one attached hydrogen (secondary N) is 2. The molecule has 230 valence electrons. The minimum atomic E-state index is -3.90. The lowest BCUT2D eigenvalue weighted by molar-refractivity contribution is -0.119. The molecule has 0 bridgehead atoms. The molecule has 2 aromatic rings. The third-order valence-corrected chi connectivity index (χ3v) is 9.74. The van der Waals surface area contributed by atoms with Crippen molar-refractivity contribution in [1.82, 2.24) is 24.6 Å². The van der Waals surface area contributed by atoms with E-state index in [1.165, 1.54) is 17.8 Å². The molecule has 2 fully saturated rings. The van der Waals surface area contributed by atoms with Gasteiger partial charge in [-0.05, 0) is 47.5 Å². The highest BCUT2D eigenvalue weighted by Crippen LogP contribution is 2.47. The fraction of sp³-hybridized carbons (Fsp3) is 0.750. The van der Waals surface area contributed by atoms with E-state index in [2.05, 4.69) is 25.4 Å². The van der Waals surface area contributed by atoms with E-state index in [4.69, 9.17) is 19.5 Å². The molecule has 2 aromatic heterocycles. The quantitative estimate of drug-likeness (QED) is 0.130. The number of nitrogens with two attached hydrogens (primary N) is 1. The molecule has 0 spiro atoms. The second-order valence-electron chi connectivity index (χ2n) is 11.5. The largest absolute Gasteiger partial charge is 0.405 e. The number of hydrogen-bond donors (Lipinski definition) is 6. The highest BCUT2D eigenvalue weighted by atomic mass is 32.2. The Balaban J connectivity index is 1.44. The number of fused-ring (bicyclic) bond motifs is 1. The van der Waals surface area contributed by atoms with Crippen molar-refractivity contribution in [3.63, 3.8) is 0 Å². The Morgan fingerprint density at radius 2 is 2.07 bits per heavy atom. The molecule has 2 aliphatic rings. The summed E-state index contributed by atoms with van der Waals surface area (Å²) in [6.07, 6.45) is -0.207. The topological polar surface area (TPSA) is 216 Å². The summed E-state index contributed by atoms with van der Waals surface area (Å²) in [7, 11) is -3.90. The maximum Gasteiger partial charge on any atom is 0.405 e. The monoisotopic (exact) mass is 617 g/mol. The second kappa shape index (κ2) is 12.4. The maximum absolute atomic E-state index is 13.5. The van der Waals surface area contributed by atoms with E-state index in [1.54, 1.807) is 27.7 Å². The number of ether oxygens (including phenoxy) is 1. The van der Waals surface area contributed by atoms with Gasteiger partial charge in [0.1, 0.15) is 17.8 Å². The summed E-state index contributed by atoms with van der Waals surface area (Å²) in [4.78, 5) is 25.2. The zero-order valence-electron chi connectivity index (χ0n) is 23.8. The number of aliphatic hydroxyl groups is 3. The van der Waals surface area contributed by atoms with Gasteiger partial charge in [-0.25, -0.2) is 14.6 Å². The third-order valence-electron chi connectivity index (χ3n) is 6.71. The van der Waals surface area contributed by atoms with Gasteiger partial charge in [0.15, 0.2) is 28.3 Å². The second-order valence-corrected chi connectivity index (χ2v) is 14.3. The summed E-state index contributed by atoms with van der Waals surface area (Å²) in [5, 5.41) is 37.4. The smallest absolute Gasteiger partial charge is 0.395 e. The van der Waals surface area contributed by atoms with E-state index >= 15 is 0 Å². The van der Waals surface area contributed by atoms with E-state index in [0.717, 1.165) is 24.6 Å². The van der Waals surface area contributed by atoms with Crippen LogP contribution in [0.2, 0.25) is 0 Å². The van der Waals surface area contributed by atoms with Crippen LogP contribution in [0.4, 0.5) is 11.8 Å². The molecule has 5 atom stereocenters. The van der Waals surface area contributed by atoms with Crippen molar-refractivity contribution in [2.75, 3.05) is 36.6 Å². The van der Waals surface area contributed by atoms with Crippen molar-refractivity contribution in [2.45, 2.75) is 83.6 Å². The van der Waals surface area contributed by atoms with Gasteiger partial charge in [-0.2, -0.15) is 9.97 Å². The molecule has 1 saturated heterocycles. The van der Waals surface area contributed by atoms with Gasteiger partial charge in [-0.3, -0.25) is 18.4 Å². The first kappa shape index (κ1) is 32.0.